The van der Waals surface area contributed by atoms with E-state index < -0.39 is 0 Å². The minimum Gasteiger partial charge on any atom is -0.398 e. The maximum absolute atomic E-state index is 9.50. The van der Waals surface area contributed by atoms with Gasteiger partial charge in [0.2, 0.25) is 0 Å². The molecule has 84 valence electrons. The van der Waals surface area contributed by atoms with Crippen LogP contribution in [0.5, 0.6) is 0 Å². The Labute approximate surface area is 99.3 Å². The lowest BCUT2D eigenvalue weighted by Gasteiger charge is -2.12. The molecule has 0 heterocycles. The highest BCUT2D eigenvalue weighted by Crippen LogP contribution is 2.34. The first-order valence-corrected chi connectivity index (χ1v) is 5.61. The number of aliphatic hydroxyl groups excluding tert-OH is 1. The van der Waals surface area contributed by atoms with Crippen LogP contribution in [0.1, 0.15) is 5.56 Å². The SMILES string of the molecule is Nc1c(CO)c2ccccc2c2ccccc12. The van der Waals surface area contributed by atoms with E-state index in [-0.39, 0.29) is 6.61 Å². The standard InChI is InChI=1S/C15H13NO/c16-15-13-8-4-3-6-11(13)10-5-1-2-7-12(10)14(15)9-17/h1-8,17H,9,16H2. The Morgan fingerprint density at radius 2 is 1.24 bits per heavy atom. The van der Waals surface area contributed by atoms with Gasteiger partial charge in [0.25, 0.3) is 0 Å². The summed E-state index contributed by atoms with van der Waals surface area (Å²) >= 11 is 0. The van der Waals surface area contributed by atoms with Gasteiger partial charge in [-0.05, 0) is 16.2 Å². The Kier molecular flexibility index (Phi) is 2.23. The summed E-state index contributed by atoms with van der Waals surface area (Å²) in [5.41, 5.74) is 7.64. The zero-order valence-corrected chi connectivity index (χ0v) is 9.35. The third-order valence-electron chi connectivity index (χ3n) is 3.24. The van der Waals surface area contributed by atoms with Crippen LogP contribution < -0.4 is 5.73 Å². The van der Waals surface area contributed by atoms with Gasteiger partial charge in [-0.3, -0.25) is 0 Å². The number of hydrogen-bond donors (Lipinski definition) is 2. The molecule has 2 nitrogen and oxygen atoms in total. The van der Waals surface area contributed by atoms with E-state index in [0.29, 0.717) is 5.69 Å². The van der Waals surface area contributed by atoms with Crippen LogP contribution in [0.15, 0.2) is 48.5 Å². The molecule has 3 rings (SSSR count). The molecule has 0 aromatic heterocycles. The Bertz CT molecular complexity index is 704. The normalized spacial score (nSPS) is 11.1. The minimum absolute atomic E-state index is 0.0306. The van der Waals surface area contributed by atoms with E-state index in [1.54, 1.807) is 0 Å². The van der Waals surface area contributed by atoms with Gasteiger partial charge in [0.15, 0.2) is 0 Å². The van der Waals surface area contributed by atoms with E-state index in [2.05, 4.69) is 12.1 Å². The second kappa shape index (κ2) is 3.75. The highest BCUT2D eigenvalue weighted by molar-refractivity contribution is 6.14. The fourth-order valence-corrected chi connectivity index (χ4v) is 2.41. The van der Waals surface area contributed by atoms with Crippen LogP contribution in [0.25, 0.3) is 21.5 Å². The topological polar surface area (TPSA) is 46.2 Å². The van der Waals surface area contributed by atoms with Gasteiger partial charge in [-0.25, -0.2) is 0 Å². The van der Waals surface area contributed by atoms with Crippen LogP contribution in [0.2, 0.25) is 0 Å². The summed E-state index contributed by atoms with van der Waals surface area (Å²) in [5, 5.41) is 13.8. The first kappa shape index (κ1) is 10.1. The van der Waals surface area contributed by atoms with Crippen LogP contribution in [-0.4, -0.2) is 5.11 Å². The molecule has 0 saturated heterocycles. The van der Waals surface area contributed by atoms with E-state index in [9.17, 15) is 5.11 Å². The number of anilines is 1. The van der Waals surface area contributed by atoms with Gasteiger partial charge in [-0.2, -0.15) is 0 Å². The maximum atomic E-state index is 9.50. The Hall–Kier alpha value is -2.06. The Morgan fingerprint density at radius 1 is 0.765 bits per heavy atom. The fourth-order valence-electron chi connectivity index (χ4n) is 2.41. The summed E-state index contributed by atoms with van der Waals surface area (Å²) in [5.74, 6) is 0. The summed E-state index contributed by atoms with van der Waals surface area (Å²) in [4.78, 5) is 0. The van der Waals surface area contributed by atoms with Crippen LogP contribution in [0.4, 0.5) is 5.69 Å². The molecule has 0 fully saturated rings. The maximum Gasteiger partial charge on any atom is 0.0708 e. The molecule has 0 aliphatic heterocycles. The number of rotatable bonds is 1. The molecule has 0 aliphatic rings. The van der Waals surface area contributed by atoms with Crippen molar-refractivity contribution in [2.45, 2.75) is 6.61 Å². The molecule has 3 aromatic rings. The van der Waals surface area contributed by atoms with Crippen molar-refractivity contribution < 1.29 is 5.11 Å². The summed E-state index contributed by atoms with van der Waals surface area (Å²) < 4.78 is 0. The van der Waals surface area contributed by atoms with Crippen LogP contribution in [-0.2, 0) is 6.61 Å². The quantitative estimate of drug-likeness (QED) is 0.492. The number of nitrogens with two attached hydrogens (primary N) is 1. The highest BCUT2D eigenvalue weighted by atomic mass is 16.3. The summed E-state index contributed by atoms with van der Waals surface area (Å²) in [7, 11) is 0. The van der Waals surface area contributed by atoms with Crippen molar-refractivity contribution in [3.05, 3.63) is 54.1 Å². The van der Waals surface area contributed by atoms with Crippen molar-refractivity contribution in [3.8, 4) is 0 Å². The number of nitrogen functional groups attached to an aromatic ring is 1. The monoisotopic (exact) mass is 223 g/mol. The second-order valence-corrected chi connectivity index (χ2v) is 4.14. The number of hydrogen-bond acceptors (Lipinski definition) is 2. The first-order chi connectivity index (χ1) is 8.33. The molecular formula is C15H13NO. The lowest BCUT2D eigenvalue weighted by atomic mass is 9.95. The zero-order chi connectivity index (χ0) is 11.8. The van der Waals surface area contributed by atoms with Crippen molar-refractivity contribution in [1.29, 1.82) is 0 Å². The molecule has 0 saturated carbocycles. The van der Waals surface area contributed by atoms with Crippen molar-refractivity contribution in [1.82, 2.24) is 0 Å². The zero-order valence-electron chi connectivity index (χ0n) is 9.35. The van der Waals surface area contributed by atoms with Gasteiger partial charge in [0.1, 0.15) is 0 Å². The average molecular weight is 223 g/mol. The molecular weight excluding hydrogens is 210 g/mol. The van der Waals surface area contributed by atoms with E-state index >= 15 is 0 Å². The van der Waals surface area contributed by atoms with Gasteiger partial charge >= 0.3 is 0 Å². The van der Waals surface area contributed by atoms with Gasteiger partial charge in [-0.15, -0.1) is 0 Å². The van der Waals surface area contributed by atoms with Crippen LogP contribution in [0.3, 0.4) is 0 Å². The summed E-state index contributed by atoms with van der Waals surface area (Å²) in [6, 6.07) is 16.1. The molecule has 17 heavy (non-hydrogen) atoms. The van der Waals surface area contributed by atoms with E-state index in [0.717, 1.165) is 27.1 Å². The average Bonchev–Trinajstić information content (AvgIpc) is 2.40. The highest BCUT2D eigenvalue weighted by Gasteiger charge is 2.10. The van der Waals surface area contributed by atoms with Crippen molar-refractivity contribution in [3.63, 3.8) is 0 Å². The van der Waals surface area contributed by atoms with Gasteiger partial charge in [0, 0.05) is 16.6 Å². The molecule has 0 radical (unpaired) electrons. The summed E-state index contributed by atoms with van der Waals surface area (Å²) in [6.45, 7) is -0.0306. The van der Waals surface area contributed by atoms with Gasteiger partial charge in [0.05, 0.1) is 6.61 Å². The number of aliphatic hydroxyl groups is 1. The lowest BCUT2D eigenvalue weighted by Crippen LogP contribution is -1.97. The third kappa shape index (κ3) is 1.38. The summed E-state index contributed by atoms with van der Waals surface area (Å²) in [6.07, 6.45) is 0. The van der Waals surface area contributed by atoms with Crippen molar-refractivity contribution >= 4 is 27.2 Å². The third-order valence-corrected chi connectivity index (χ3v) is 3.24. The molecule has 0 atom stereocenters. The van der Waals surface area contributed by atoms with E-state index in [4.69, 9.17) is 5.73 Å². The first-order valence-electron chi connectivity index (χ1n) is 5.61. The molecule has 0 unspecified atom stereocenters. The predicted octanol–water partition coefficient (Wildman–Crippen LogP) is 3.07. The molecule has 2 heteroatoms. The molecule has 0 bridgehead atoms. The van der Waals surface area contributed by atoms with Gasteiger partial charge < -0.3 is 10.8 Å². The minimum atomic E-state index is -0.0306. The molecule has 3 aromatic carbocycles. The van der Waals surface area contributed by atoms with Crippen LogP contribution >= 0.6 is 0 Å². The molecule has 0 aliphatic carbocycles. The Balaban J connectivity index is 2.64. The van der Waals surface area contributed by atoms with Crippen molar-refractivity contribution in [2.75, 3.05) is 5.73 Å². The van der Waals surface area contributed by atoms with Crippen molar-refractivity contribution in [2.24, 2.45) is 0 Å². The fraction of sp³-hybridized carbons (Fsp3) is 0.0667. The molecule has 3 N–H and O–H groups in total. The Morgan fingerprint density at radius 3 is 1.82 bits per heavy atom. The molecule has 0 spiro atoms. The number of benzene rings is 3. The van der Waals surface area contributed by atoms with Gasteiger partial charge in [-0.1, -0.05) is 48.5 Å². The van der Waals surface area contributed by atoms with E-state index in [1.807, 2.05) is 36.4 Å². The predicted molar refractivity (Wildman–Crippen MR) is 71.8 cm³/mol. The van der Waals surface area contributed by atoms with Crippen LogP contribution in [0, 0.1) is 0 Å². The molecule has 0 amide bonds. The number of fused-ring (bicyclic) bond motifs is 3. The van der Waals surface area contributed by atoms with E-state index in [1.165, 1.54) is 0 Å². The largest absolute Gasteiger partial charge is 0.398 e. The second-order valence-electron chi connectivity index (χ2n) is 4.14. The smallest absolute Gasteiger partial charge is 0.0708 e. The lowest BCUT2D eigenvalue weighted by molar-refractivity contribution is 0.284.